The summed E-state index contributed by atoms with van der Waals surface area (Å²) in [5.74, 6) is -0.808. The lowest BCUT2D eigenvalue weighted by Gasteiger charge is -2.13. The average molecular weight is 493 g/mol. The Hall–Kier alpha value is -3.59. The molecule has 1 saturated heterocycles. The third kappa shape index (κ3) is 4.43. The molecule has 0 aliphatic carbocycles. The van der Waals surface area contributed by atoms with Crippen LogP contribution in [0.1, 0.15) is 39.6 Å². The van der Waals surface area contributed by atoms with Gasteiger partial charge in [0.1, 0.15) is 5.82 Å². The number of rotatable bonds is 4. The quantitative estimate of drug-likeness (QED) is 0.443. The monoisotopic (exact) mass is 492 g/mol. The summed E-state index contributed by atoms with van der Waals surface area (Å²) in [6, 6.07) is 13.2. The van der Waals surface area contributed by atoms with Crippen LogP contribution in [-0.2, 0) is 9.84 Å². The number of sulfone groups is 1. The first-order chi connectivity index (χ1) is 16.6. The molecule has 4 aromatic rings. The highest BCUT2D eigenvalue weighted by Gasteiger charge is 2.32. The minimum Gasteiger partial charge on any atom is -0.322 e. The fraction of sp³-hybridized carbons (Fsp3) is 0.269. The smallest absolute Gasteiger partial charge is 0.256 e. The van der Waals surface area contributed by atoms with Crippen molar-refractivity contribution in [1.82, 2.24) is 14.8 Å². The standard InChI is InChI=1S/C26H25FN4O3S/c1-15-10-16(2)12-18(11-15)28-26(32)21-13-23(20-6-4-5-7-22(20)27)29-25-24(21)17(3)30-31(25)19-8-9-35(33,34)14-19/h4-7,10-13,19H,8-9,14H2,1-3H3,(H,28,32). The fourth-order valence-corrected chi connectivity index (χ4v) is 6.46. The SMILES string of the molecule is Cc1cc(C)cc(NC(=O)c2cc(-c3ccccc3F)nc3c2c(C)nn3C2CCS(=O)(=O)C2)c1. The van der Waals surface area contributed by atoms with Crippen molar-refractivity contribution >= 4 is 32.5 Å². The number of halogens is 1. The van der Waals surface area contributed by atoms with Gasteiger partial charge in [-0.15, -0.1) is 0 Å². The fourth-order valence-electron chi connectivity index (χ4n) is 4.77. The first-order valence-electron chi connectivity index (χ1n) is 11.4. The van der Waals surface area contributed by atoms with E-state index in [4.69, 9.17) is 0 Å². The second kappa shape index (κ2) is 8.57. The highest BCUT2D eigenvalue weighted by atomic mass is 32.2. The van der Waals surface area contributed by atoms with Gasteiger partial charge in [0, 0.05) is 11.3 Å². The van der Waals surface area contributed by atoms with Gasteiger partial charge < -0.3 is 5.32 Å². The van der Waals surface area contributed by atoms with E-state index in [1.54, 1.807) is 35.9 Å². The molecule has 7 nitrogen and oxygen atoms in total. The zero-order valence-corrected chi connectivity index (χ0v) is 20.5. The molecule has 35 heavy (non-hydrogen) atoms. The molecule has 1 unspecified atom stereocenters. The number of aryl methyl sites for hydroxylation is 3. The van der Waals surface area contributed by atoms with Crippen molar-refractivity contribution in [3.8, 4) is 11.3 Å². The summed E-state index contributed by atoms with van der Waals surface area (Å²) in [6.45, 7) is 5.67. The Morgan fingerprint density at radius 1 is 1.09 bits per heavy atom. The summed E-state index contributed by atoms with van der Waals surface area (Å²) < 4.78 is 40.6. The summed E-state index contributed by atoms with van der Waals surface area (Å²) in [7, 11) is -3.18. The third-order valence-electron chi connectivity index (χ3n) is 6.27. The summed E-state index contributed by atoms with van der Waals surface area (Å²) >= 11 is 0. The first kappa shape index (κ1) is 23.2. The van der Waals surface area contributed by atoms with Crippen LogP contribution in [0, 0.1) is 26.6 Å². The molecule has 0 spiro atoms. The number of nitrogens with zero attached hydrogens (tertiary/aromatic N) is 3. The molecule has 0 bridgehead atoms. The number of aromatic nitrogens is 3. The summed E-state index contributed by atoms with van der Waals surface area (Å²) in [5, 5.41) is 8.06. The molecule has 1 aliphatic heterocycles. The molecule has 1 atom stereocenters. The van der Waals surface area contributed by atoms with Crippen molar-refractivity contribution < 1.29 is 17.6 Å². The molecule has 1 N–H and O–H groups in total. The molecule has 2 aromatic carbocycles. The lowest BCUT2D eigenvalue weighted by molar-refractivity contribution is 0.102. The molecule has 0 radical (unpaired) electrons. The summed E-state index contributed by atoms with van der Waals surface area (Å²) in [5.41, 5.74) is 4.44. The molecule has 1 amide bonds. The highest BCUT2D eigenvalue weighted by molar-refractivity contribution is 7.91. The van der Waals surface area contributed by atoms with Gasteiger partial charge in [0.2, 0.25) is 0 Å². The number of hydrogen-bond donors (Lipinski definition) is 1. The van der Waals surface area contributed by atoms with Crippen LogP contribution in [0.2, 0.25) is 0 Å². The van der Waals surface area contributed by atoms with Crippen molar-refractivity contribution in [1.29, 1.82) is 0 Å². The number of carbonyl (C=O) groups excluding carboxylic acids is 1. The minimum absolute atomic E-state index is 0.0427. The molecular weight excluding hydrogens is 467 g/mol. The van der Waals surface area contributed by atoms with Gasteiger partial charge in [-0.25, -0.2) is 22.5 Å². The van der Waals surface area contributed by atoms with Crippen LogP contribution in [0.25, 0.3) is 22.3 Å². The van der Waals surface area contributed by atoms with Crippen molar-refractivity contribution in [2.75, 3.05) is 16.8 Å². The maximum absolute atomic E-state index is 14.7. The third-order valence-corrected chi connectivity index (χ3v) is 8.02. The van der Waals surface area contributed by atoms with Gasteiger partial charge in [-0.2, -0.15) is 5.10 Å². The first-order valence-corrected chi connectivity index (χ1v) is 13.2. The van der Waals surface area contributed by atoms with Crippen molar-refractivity contribution in [3.63, 3.8) is 0 Å². The van der Waals surface area contributed by atoms with Crippen LogP contribution in [0.4, 0.5) is 10.1 Å². The molecule has 5 rings (SSSR count). The Morgan fingerprint density at radius 2 is 1.80 bits per heavy atom. The maximum atomic E-state index is 14.7. The van der Waals surface area contributed by atoms with Gasteiger partial charge >= 0.3 is 0 Å². The number of pyridine rings is 1. The number of amides is 1. The Bertz CT molecular complexity index is 1570. The van der Waals surface area contributed by atoms with Crippen LogP contribution < -0.4 is 5.32 Å². The topological polar surface area (TPSA) is 93.9 Å². The van der Waals surface area contributed by atoms with Crippen LogP contribution in [0.15, 0.2) is 48.5 Å². The second-order valence-corrected chi connectivity index (χ2v) is 11.4. The van der Waals surface area contributed by atoms with E-state index in [2.05, 4.69) is 15.4 Å². The number of benzene rings is 2. The molecule has 1 aliphatic rings. The van der Waals surface area contributed by atoms with E-state index in [9.17, 15) is 17.6 Å². The zero-order chi connectivity index (χ0) is 24.9. The predicted molar refractivity (Wildman–Crippen MR) is 134 cm³/mol. The van der Waals surface area contributed by atoms with Crippen molar-refractivity contribution in [2.24, 2.45) is 0 Å². The zero-order valence-electron chi connectivity index (χ0n) is 19.7. The van der Waals surface area contributed by atoms with Crippen LogP contribution in [0.3, 0.4) is 0 Å². The largest absolute Gasteiger partial charge is 0.322 e. The molecular formula is C26H25FN4O3S. The van der Waals surface area contributed by atoms with Gasteiger partial charge in [0.25, 0.3) is 5.91 Å². The Balaban J connectivity index is 1.70. The summed E-state index contributed by atoms with van der Waals surface area (Å²) in [4.78, 5) is 18.2. The second-order valence-electron chi connectivity index (χ2n) is 9.15. The van der Waals surface area contributed by atoms with E-state index in [-0.39, 0.29) is 28.7 Å². The number of nitrogens with one attached hydrogen (secondary N) is 1. The molecule has 3 heterocycles. The van der Waals surface area contributed by atoms with E-state index in [1.807, 2.05) is 32.0 Å². The van der Waals surface area contributed by atoms with Crippen molar-refractivity contribution in [3.05, 3.63) is 76.7 Å². The van der Waals surface area contributed by atoms with Crippen LogP contribution in [-0.4, -0.2) is 40.6 Å². The van der Waals surface area contributed by atoms with Gasteiger partial charge in [0.05, 0.1) is 39.9 Å². The number of fused-ring (bicyclic) bond motifs is 1. The molecule has 0 saturated carbocycles. The van der Waals surface area contributed by atoms with E-state index in [0.29, 0.717) is 34.4 Å². The Labute approximate surface area is 202 Å². The lowest BCUT2D eigenvalue weighted by atomic mass is 10.0. The van der Waals surface area contributed by atoms with Gasteiger partial charge in [-0.05, 0) is 68.7 Å². The van der Waals surface area contributed by atoms with Gasteiger partial charge in [0.15, 0.2) is 15.5 Å². The average Bonchev–Trinajstić information content (AvgIpc) is 3.31. The van der Waals surface area contributed by atoms with E-state index < -0.39 is 21.7 Å². The van der Waals surface area contributed by atoms with Crippen LogP contribution in [0.5, 0.6) is 0 Å². The van der Waals surface area contributed by atoms with Crippen molar-refractivity contribution in [2.45, 2.75) is 33.2 Å². The number of carbonyl (C=O) groups is 1. The molecule has 180 valence electrons. The minimum atomic E-state index is -3.18. The molecule has 2 aromatic heterocycles. The molecule has 9 heteroatoms. The predicted octanol–water partition coefficient (Wildman–Crippen LogP) is 4.77. The maximum Gasteiger partial charge on any atom is 0.256 e. The van der Waals surface area contributed by atoms with Crippen LogP contribution >= 0.6 is 0 Å². The van der Waals surface area contributed by atoms with E-state index in [0.717, 1.165) is 11.1 Å². The Morgan fingerprint density at radius 3 is 2.46 bits per heavy atom. The summed E-state index contributed by atoms with van der Waals surface area (Å²) in [6.07, 6.45) is 0.411. The normalized spacial score (nSPS) is 17.1. The number of hydrogen-bond acceptors (Lipinski definition) is 5. The Kier molecular flexibility index (Phi) is 5.67. The molecule has 1 fully saturated rings. The highest BCUT2D eigenvalue weighted by Crippen LogP contribution is 2.33. The lowest BCUT2D eigenvalue weighted by Crippen LogP contribution is -2.15. The van der Waals surface area contributed by atoms with E-state index in [1.165, 1.54) is 6.07 Å². The number of anilines is 1. The van der Waals surface area contributed by atoms with Gasteiger partial charge in [-0.3, -0.25) is 4.79 Å². The van der Waals surface area contributed by atoms with Gasteiger partial charge in [-0.1, -0.05) is 18.2 Å². The van der Waals surface area contributed by atoms with E-state index >= 15 is 0 Å².